The van der Waals surface area contributed by atoms with Crippen LogP contribution in [0.4, 0.5) is 13.2 Å². The maximum absolute atomic E-state index is 13.3. The topological polar surface area (TPSA) is 106 Å². The minimum Gasteiger partial charge on any atom is -0.507 e. The van der Waals surface area contributed by atoms with Crippen LogP contribution in [0.3, 0.4) is 0 Å². The van der Waals surface area contributed by atoms with E-state index in [4.69, 9.17) is 4.74 Å². The molecule has 0 aromatic carbocycles. The van der Waals surface area contributed by atoms with Crippen molar-refractivity contribution >= 4 is 29.8 Å². The Bertz CT molecular complexity index is 1290. The number of halogens is 3. The van der Waals surface area contributed by atoms with Gasteiger partial charge >= 0.3 is 6.18 Å². The quantitative estimate of drug-likeness (QED) is 0.140. The van der Waals surface area contributed by atoms with Crippen LogP contribution in [0.5, 0.6) is 0 Å². The molecule has 2 aliphatic heterocycles. The van der Waals surface area contributed by atoms with Gasteiger partial charge in [0.2, 0.25) is 0 Å². The lowest BCUT2D eigenvalue weighted by Gasteiger charge is -2.37. The third-order valence-electron chi connectivity index (χ3n) is 7.04. The van der Waals surface area contributed by atoms with E-state index >= 15 is 0 Å². The molecule has 0 aromatic rings. The third-order valence-corrected chi connectivity index (χ3v) is 8.29. The van der Waals surface area contributed by atoms with Gasteiger partial charge in [-0.1, -0.05) is 44.0 Å². The lowest BCUT2D eigenvalue weighted by Crippen LogP contribution is -2.46. The second-order valence-corrected chi connectivity index (χ2v) is 11.8. The van der Waals surface area contributed by atoms with Gasteiger partial charge in [0.15, 0.2) is 0 Å². The molecule has 13 heteroatoms. The third kappa shape index (κ3) is 12.0. The Morgan fingerprint density at radius 1 is 1.29 bits per heavy atom. The number of piperazine rings is 1. The van der Waals surface area contributed by atoms with E-state index in [1.807, 2.05) is 6.92 Å². The second-order valence-electron chi connectivity index (χ2n) is 10.7. The van der Waals surface area contributed by atoms with Crippen LogP contribution in [-0.4, -0.2) is 91.6 Å². The summed E-state index contributed by atoms with van der Waals surface area (Å²) in [5.41, 5.74) is -0.289. The average Bonchev–Trinajstić information content (AvgIpc) is 2.98. The summed E-state index contributed by atoms with van der Waals surface area (Å²) in [6.45, 7) is 18.7. The summed E-state index contributed by atoms with van der Waals surface area (Å²) in [5.74, 6) is -2.00. The summed E-state index contributed by atoms with van der Waals surface area (Å²) in [6.07, 6.45) is 4.40. The number of aliphatic imine (C=N–C) groups is 1. The maximum Gasteiger partial charge on any atom is 0.420 e. The van der Waals surface area contributed by atoms with Crippen LogP contribution in [0.2, 0.25) is 0 Å². The van der Waals surface area contributed by atoms with Crippen LogP contribution in [0.15, 0.2) is 86.8 Å². The van der Waals surface area contributed by atoms with Crippen molar-refractivity contribution in [2.75, 3.05) is 46.4 Å². The zero-order valence-electron chi connectivity index (χ0n) is 26.5. The molecule has 1 saturated heterocycles. The van der Waals surface area contributed by atoms with Gasteiger partial charge < -0.3 is 25.4 Å². The summed E-state index contributed by atoms with van der Waals surface area (Å²) < 4.78 is 45.1. The number of hydrogen-bond donors (Lipinski definition) is 3. The largest absolute Gasteiger partial charge is 0.507 e. The molecule has 0 spiro atoms. The van der Waals surface area contributed by atoms with Crippen molar-refractivity contribution in [1.29, 1.82) is 0 Å². The lowest BCUT2D eigenvalue weighted by molar-refractivity contribution is -0.118. The fourth-order valence-electron chi connectivity index (χ4n) is 4.33. The molecule has 0 bridgehead atoms. The molecule has 248 valence electrons. The number of allylic oxidation sites excluding steroid dienone is 7. The zero-order chi connectivity index (χ0) is 33.7. The van der Waals surface area contributed by atoms with Crippen LogP contribution < -0.4 is 10.6 Å². The van der Waals surface area contributed by atoms with Crippen molar-refractivity contribution in [3.63, 3.8) is 0 Å². The summed E-state index contributed by atoms with van der Waals surface area (Å²) >= 11 is 0.985. The Morgan fingerprint density at radius 2 is 1.96 bits per heavy atom. The van der Waals surface area contributed by atoms with Crippen molar-refractivity contribution in [1.82, 2.24) is 20.4 Å². The molecule has 2 amide bonds. The average molecular weight is 652 g/mol. The second kappa shape index (κ2) is 17.8. The number of carbonyl (C=O) groups is 2. The Kier molecular flexibility index (Phi) is 14.9. The first-order valence-electron chi connectivity index (χ1n) is 14.6. The van der Waals surface area contributed by atoms with Gasteiger partial charge in [-0.3, -0.25) is 19.5 Å². The number of hydrogen-bond acceptors (Lipinski definition) is 8. The Hall–Kier alpha value is -3.55. The van der Waals surface area contributed by atoms with E-state index in [0.29, 0.717) is 23.7 Å². The molecule has 1 unspecified atom stereocenters. The predicted molar refractivity (Wildman–Crippen MR) is 174 cm³/mol. The Labute approximate surface area is 268 Å². The smallest absolute Gasteiger partial charge is 0.420 e. The molecule has 0 aliphatic carbocycles. The minimum atomic E-state index is -4.85. The van der Waals surface area contributed by atoms with Gasteiger partial charge in [-0.15, -0.1) is 0 Å². The molecule has 2 rings (SSSR count). The van der Waals surface area contributed by atoms with Crippen LogP contribution >= 0.6 is 11.8 Å². The molecular weight excluding hydrogens is 607 g/mol. The van der Waals surface area contributed by atoms with E-state index < -0.39 is 35.4 Å². The van der Waals surface area contributed by atoms with Gasteiger partial charge in [-0.05, 0) is 51.3 Å². The molecule has 2 atom stereocenters. The van der Waals surface area contributed by atoms with Crippen molar-refractivity contribution in [2.24, 2.45) is 10.9 Å². The van der Waals surface area contributed by atoms with Crippen LogP contribution in [0.1, 0.15) is 34.1 Å². The fourth-order valence-corrected chi connectivity index (χ4v) is 5.11. The summed E-state index contributed by atoms with van der Waals surface area (Å²) in [4.78, 5) is 35.9. The first-order valence-corrected chi connectivity index (χ1v) is 15.4. The van der Waals surface area contributed by atoms with Gasteiger partial charge in [-0.25, -0.2) is 0 Å². The highest BCUT2D eigenvalue weighted by Gasteiger charge is 2.35. The molecule has 9 nitrogen and oxygen atoms in total. The number of alkyl halides is 3. The Balaban J connectivity index is 2.09. The number of ether oxygens (including phenoxy) is 1. The van der Waals surface area contributed by atoms with Crippen molar-refractivity contribution in [3.8, 4) is 0 Å². The van der Waals surface area contributed by atoms with E-state index in [2.05, 4.69) is 44.7 Å². The highest BCUT2D eigenvalue weighted by molar-refractivity contribution is 8.07. The minimum absolute atomic E-state index is 0.138. The molecule has 1 fully saturated rings. The molecule has 2 heterocycles. The Morgan fingerprint density at radius 3 is 2.53 bits per heavy atom. The fraction of sp³-hybridized carbons (Fsp3) is 0.469. The van der Waals surface area contributed by atoms with E-state index in [1.165, 1.54) is 13.0 Å². The van der Waals surface area contributed by atoms with E-state index in [0.717, 1.165) is 56.6 Å². The molecule has 2 aliphatic rings. The van der Waals surface area contributed by atoms with Crippen LogP contribution in [0.25, 0.3) is 0 Å². The molecule has 0 radical (unpaired) electrons. The van der Waals surface area contributed by atoms with E-state index in [1.54, 1.807) is 33.2 Å². The SMILES string of the molecule is C=C/C(O)=C(\C=C(/C)NC(=O)/C(=C/C)SC(=C)[C@@H](C)NC(=O)C1=C/C(N2CCN(CCOC)CC2)=C/CC(C)C=N1)C(F)(F)F. The number of rotatable bonds is 13. The standard InChI is InChI=1S/C32H44F3N5O4S/c1-8-28(41)26(32(33,34)35)18-22(4)37-31(43)29(9-2)45-24(6)23(5)38-30(42)27-19-25(11-10-21(3)20-36-27)40-14-12-39(13-15-40)16-17-44-7/h8-9,11,18-21,23,41H,1,6,10,12-17H2,2-5,7H3,(H,37,43)(H,38,42)/b22-18+,25-11-,27-19?,28-26-,29-9-,36-20?/t21?,23-/m1/s1. The van der Waals surface area contributed by atoms with Crippen molar-refractivity contribution in [2.45, 2.75) is 46.3 Å². The summed E-state index contributed by atoms with van der Waals surface area (Å²) in [5, 5.41) is 14.9. The zero-order valence-corrected chi connectivity index (χ0v) is 27.4. The van der Waals surface area contributed by atoms with Crippen molar-refractivity contribution in [3.05, 3.63) is 81.8 Å². The number of carbonyl (C=O) groups excluding carboxylic acids is 2. The lowest BCUT2D eigenvalue weighted by atomic mass is 10.1. The molecule has 45 heavy (non-hydrogen) atoms. The number of aliphatic hydroxyl groups is 1. The highest BCUT2D eigenvalue weighted by atomic mass is 32.2. The van der Waals surface area contributed by atoms with Crippen molar-refractivity contribution < 1.29 is 32.6 Å². The number of amides is 2. The van der Waals surface area contributed by atoms with Crippen LogP contribution in [-0.2, 0) is 14.3 Å². The molecular formula is C32H44F3N5O4S. The summed E-state index contributed by atoms with van der Waals surface area (Å²) in [6, 6.07) is -0.582. The van der Waals surface area contributed by atoms with Gasteiger partial charge in [0, 0.05) is 62.3 Å². The monoisotopic (exact) mass is 651 g/mol. The van der Waals surface area contributed by atoms with E-state index in [-0.39, 0.29) is 22.2 Å². The number of aliphatic hydroxyl groups excluding tert-OH is 1. The number of nitrogens with zero attached hydrogens (tertiary/aromatic N) is 3. The first-order chi connectivity index (χ1) is 21.2. The number of nitrogens with one attached hydrogen (secondary N) is 2. The van der Waals surface area contributed by atoms with Gasteiger partial charge in [0.25, 0.3) is 11.8 Å². The number of thioether (sulfide) groups is 1. The normalized spacial score (nSPS) is 21.0. The number of methoxy groups -OCH3 is 1. The van der Waals surface area contributed by atoms with E-state index in [9.17, 15) is 27.9 Å². The van der Waals surface area contributed by atoms with Gasteiger partial charge in [0.1, 0.15) is 11.5 Å². The summed E-state index contributed by atoms with van der Waals surface area (Å²) in [7, 11) is 1.69. The maximum atomic E-state index is 13.3. The first kappa shape index (κ1) is 37.6. The van der Waals surface area contributed by atoms with Gasteiger partial charge in [0.05, 0.1) is 23.1 Å². The van der Waals surface area contributed by atoms with Crippen LogP contribution in [0, 0.1) is 5.92 Å². The van der Waals surface area contributed by atoms with Gasteiger partial charge in [-0.2, -0.15) is 13.2 Å². The molecule has 0 saturated carbocycles. The molecule has 0 aromatic heterocycles. The predicted octanol–water partition coefficient (Wildman–Crippen LogP) is 5.36. The highest BCUT2D eigenvalue weighted by Crippen LogP contribution is 2.30. The molecule has 3 N–H and O–H groups in total.